The summed E-state index contributed by atoms with van der Waals surface area (Å²) in [5, 5.41) is 0. The number of carbonyl (C=O) groups is 1. The Morgan fingerprint density at radius 3 is 2.47 bits per heavy atom. The lowest BCUT2D eigenvalue weighted by Gasteiger charge is -2.59. The fourth-order valence-electron chi connectivity index (χ4n) is 4.98. The van der Waals surface area contributed by atoms with E-state index >= 15 is 4.39 Å². The van der Waals surface area contributed by atoms with Crippen LogP contribution in [0.25, 0.3) is 22.4 Å². The average Bonchev–Trinajstić information content (AvgIpc) is 2.74. The van der Waals surface area contributed by atoms with Crippen molar-refractivity contribution in [1.29, 1.82) is 0 Å². The fourth-order valence-corrected chi connectivity index (χ4v) is 4.98. The van der Waals surface area contributed by atoms with E-state index in [9.17, 15) is 4.79 Å². The molecule has 0 aliphatic carbocycles. The summed E-state index contributed by atoms with van der Waals surface area (Å²) in [4.78, 5) is 29.8. The normalized spacial score (nSPS) is 17.2. The van der Waals surface area contributed by atoms with Gasteiger partial charge in [0.25, 0.3) is 5.91 Å². The molecule has 2 aromatic heterocycles. The van der Waals surface area contributed by atoms with Gasteiger partial charge in [-0.2, -0.15) is 0 Å². The van der Waals surface area contributed by atoms with E-state index in [-0.39, 0.29) is 16.9 Å². The van der Waals surface area contributed by atoms with Crippen molar-refractivity contribution in [1.82, 2.24) is 24.8 Å². The van der Waals surface area contributed by atoms with Crippen molar-refractivity contribution in [3.8, 4) is 22.4 Å². The monoisotopic (exact) mass is 432 g/mol. The summed E-state index contributed by atoms with van der Waals surface area (Å²) in [6, 6.07) is 8.27. The van der Waals surface area contributed by atoms with Crippen LogP contribution in [0, 0.1) is 11.2 Å². The van der Waals surface area contributed by atoms with E-state index in [0.29, 0.717) is 36.6 Å². The maximum Gasteiger partial charge on any atom is 0.256 e. The highest BCUT2D eigenvalue weighted by molar-refractivity contribution is 5.96. The van der Waals surface area contributed by atoms with Crippen LogP contribution >= 0.6 is 0 Å². The van der Waals surface area contributed by atoms with Crippen LogP contribution < -0.4 is 5.73 Å². The smallest absolute Gasteiger partial charge is 0.256 e. The first-order valence-electron chi connectivity index (χ1n) is 10.7. The van der Waals surface area contributed by atoms with E-state index < -0.39 is 5.82 Å². The highest BCUT2D eigenvalue weighted by Gasteiger charge is 2.52. The Morgan fingerprint density at radius 2 is 1.84 bits per heavy atom. The molecule has 0 unspecified atom stereocenters. The molecule has 2 fully saturated rings. The number of pyridine rings is 1. The summed E-state index contributed by atoms with van der Waals surface area (Å²) in [7, 11) is 2.07. The minimum absolute atomic E-state index is 0.0942. The van der Waals surface area contributed by atoms with Gasteiger partial charge in [0.05, 0.1) is 17.0 Å². The minimum atomic E-state index is -0.544. The van der Waals surface area contributed by atoms with Gasteiger partial charge in [-0.15, -0.1) is 0 Å². The lowest BCUT2D eigenvalue weighted by atomic mass is 9.73. The van der Waals surface area contributed by atoms with Crippen LogP contribution in [0.3, 0.4) is 0 Å². The number of hydrogen-bond acceptors (Lipinski definition) is 6. The Hall–Kier alpha value is -3.39. The number of rotatable bonds is 4. The largest absolute Gasteiger partial charge is 0.384 e. The van der Waals surface area contributed by atoms with Gasteiger partial charge in [-0.3, -0.25) is 4.79 Å². The van der Waals surface area contributed by atoms with E-state index in [2.05, 4.69) is 26.9 Å². The number of hydrogen-bond donors (Lipinski definition) is 1. The SMILES string of the molecule is CCc1ncnc(-c2ccc(C(=O)N3CC4(CN(C)C4)C3)c(F)c2)c1-c1ccc(N)nc1. The molecule has 0 radical (unpaired) electrons. The van der Waals surface area contributed by atoms with E-state index in [1.807, 2.05) is 13.0 Å². The number of nitrogens with two attached hydrogens (primary N) is 1. The van der Waals surface area contributed by atoms with Gasteiger partial charge in [-0.1, -0.05) is 13.0 Å². The van der Waals surface area contributed by atoms with Crippen LogP contribution in [0.4, 0.5) is 10.2 Å². The lowest BCUT2D eigenvalue weighted by molar-refractivity contribution is -0.0873. The Bertz CT molecular complexity index is 1180. The highest BCUT2D eigenvalue weighted by Crippen LogP contribution is 2.40. The number of likely N-dealkylation sites (tertiary alicyclic amines) is 2. The molecule has 164 valence electrons. The number of carbonyl (C=O) groups excluding carboxylic acids is 1. The van der Waals surface area contributed by atoms with Crippen molar-refractivity contribution in [3.63, 3.8) is 0 Å². The molecule has 0 bridgehead atoms. The van der Waals surface area contributed by atoms with Crippen LogP contribution in [0.15, 0.2) is 42.9 Å². The van der Waals surface area contributed by atoms with Crippen LogP contribution in [0.1, 0.15) is 23.0 Å². The minimum Gasteiger partial charge on any atom is -0.384 e. The van der Waals surface area contributed by atoms with Gasteiger partial charge < -0.3 is 15.5 Å². The second-order valence-corrected chi connectivity index (χ2v) is 8.90. The first-order valence-corrected chi connectivity index (χ1v) is 10.7. The van der Waals surface area contributed by atoms with Gasteiger partial charge in [-0.25, -0.2) is 19.3 Å². The molecule has 8 heteroatoms. The number of aryl methyl sites for hydroxylation is 1. The molecule has 2 saturated heterocycles. The Morgan fingerprint density at radius 1 is 1.09 bits per heavy atom. The molecule has 2 aliphatic rings. The van der Waals surface area contributed by atoms with E-state index in [1.165, 1.54) is 12.4 Å². The molecular weight excluding hydrogens is 407 g/mol. The van der Waals surface area contributed by atoms with Crippen molar-refractivity contribution in [2.24, 2.45) is 5.41 Å². The van der Waals surface area contributed by atoms with Crippen LogP contribution in [0.2, 0.25) is 0 Å². The molecule has 0 atom stereocenters. The molecule has 3 aromatic rings. The molecule has 1 spiro atoms. The van der Waals surface area contributed by atoms with Gasteiger partial charge in [0, 0.05) is 54.5 Å². The second kappa shape index (κ2) is 7.63. The summed E-state index contributed by atoms with van der Waals surface area (Å²) in [6.07, 6.45) is 3.83. The number of nitrogen functional groups attached to an aromatic ring is 1. The van der Waals surface area contributed by atoms with Crippen LogP contribution in [-0.4, -0.2) is 63.9 Å². The first kappa shape index (κ1) is 20.5. The van der Waals surface area contributed by atoms with E-state index in [4.69, 9.17) is 5.73 Å². The Kier molecular flexibility index (Phi) is 4.89. The Labute approximate surface area is 186 Å². The summed E-state index contributed by atoms with van der Waals surface area (Å²) in [5.41, 5.74) is 9.66. The molecule has 1 amide bonds. The molecule has 7 nitrogen and oxygen atoms in total. The standard InChI is InChI=1S/C24H25FN6O/c1-3-19-21(16-5-7-20(26)27-9-16)22(29-14-28-19)15-4-6-17(18(25)8-15)23(32)31-12-24(13-31)10-30(2)11-24/h4-9,14H,3,10-13H2,1-2H3,(H2,26,27). The molecule has 2 aliphatic heterocycles. The summed E-state index contributed by atoms with van der Waals surface area (Å²) in [5.74, 6) is -0.383. The molecule has 32 heavy (non-hydrogen) atoms. The second-order valence-electron chi connectivity index (χ2n) is 8.90. The third-order valence-corrected chi connectivity index (χ3v) is 6.36. The molecule has 1 aromatic carbocycles. The van der Waals surface area contributed by atoms with Crippen molar-refractivity contribution >= 4 is 11.7 Å². The zero-order valence-electron chi connectivity index (χ0n) is 18.2. The van der Waals surface area contributed by atoms with Gasteiger partial charge in [0.15, 0.2) is 0 Å². The van der Waals surface area contributed by atoms with Crippen molar-refractivity contribution in [2.45, 2.75) is 13.3 Å². The average molecular weight is 433 g/mol. The first-order chi connectivity index (χ1) is 15.4. The number of halogens is 1. The maximum atomic E-state index is 15.1. The molecule has 5 rings (SSSR count). The number of nitrogens with zero attached hydrogens (tertiary/aromatic N) is 5. The topological polar surface area (TPSA) is 88.2 Å². The third-order valence-electron chi connectivity index (χ3n) is 6.36. The third kappa shape index (κ3) is 3.40. The molecule has 0 saturated carbocycles. The molecule has 4 heterocycles. The van der Waals surface area contributed by atoms with E-state index in [1.54, 1.807) is 29.3 Å². The number of aromatic nitrogens is 3. The van der Waals surface area contributed by atoms with Crippen molar-refractivity contribution < 1.29 is 9.18 Å². The molecular formula is C24H25FN6O. The molecule has 2 N–H and O–H groups in total. The van der Waals surface area contributed by atoms with Crippen LogP contribution in [-0.2, 0) is 6.42 Å². The van der Waals surface area contributed by atoms with E-state index in [0.717, 1.165) is 29.9 Å². The number of amides is 1. The summed E-state index contributed by atoms with van der Waals surface area (Å²) < 4.78 is 15.1. The fraction of sp³-hybridized carbons (Fsp3) is 0.333. The van der Waals surface area contributed by atoms with Gasteiger partial charge in [0.1, 0.15) is 18.0 Å². The predicted molar refractivity (Wildman–Crippen MR) is 120 cm³/mol. The number of anilines is 1. The predicted octanol–water partition coefficient (Wildman–Crippen LogP) is 2.88. The van der Waals surface area contributed by atoms with Crippen molar-refractivity contribution in [3.05, 3.63) is 59.9 Å². The highest BCUT2D eigenvalue weighted by atomic mass is 19.1. The van der Waals surface area contributed by atoms with Gasteiger partial charge in [0.2, 0.25) is 0 Å². The maximum absolute atomic E-state index is 15.1. The Balaban J connectivity index is 1.46. The zero-order valence-corrected chi connectivity index (χ0v) is 18.2. The lowest BCUT2D eigenvalue weighted by Crippen LogP contribution is -2.72. The van der Waals surface area contributed by atoms with Crippen LogP contribution in [0.5, 0.6) is 0 Å². The van der Waals surface area contributed by atoms with Crippen molar-refractivity contribution in [2.75, 3.05) is 39.0 Å². The van der Waals surface area contributed by atoms with Gasteiger partial charge >= 0.3 is 0 Å². The summed E-state index contributed by atoms with van der Waals surface area (Å²) >= 11 is 0. The number of benzene rings is 1. The van der Waals surface area contributed by atoms with Gasteiger partial charge in [-0.05, 0) is 37.7 Å². The zero-order chi connectivity index (χ0) is 22.5. The quantitative estimate of drug-likeness (QED) is 0.682. The summed E-state index contributed by atoms with van der Waals surface area (Å²) in [6.45, 7) is 5.38.